The second-order valence-corrected chi connectivity index (χ2v) is 5.44. The largest absolute Gasteiger partial charge is 0.550 e. The van der Waals surface area contributed by atoms with Crippen LogP contribution in [0.2, 0.25) is 0 Å². The van der Waals surface area contributed by atoms with E-state index in [0.29, 0.717) is 11.3 Å². The topological polar surface area (TPSA) is 123 Å². The number of benzene rings is 1. The molecule has 1 amide bonds. The van der Waals surface area contributed by atoms with Gasteiger partial charge in [-0.2, -0.15) is 5.10 Å². The van der Waals surface area contributed by atoms with Crippen molar-refractivity contribution >= 4 is 35.0 Å². The highest BCUT2D eigenvalue weighted by molar-refractivity contribution is 8.15. The lowest BCUT2D eigenvalue weighted by Crippen LogP contribution is -2.31. The standard InChI is InChI=1S/C13H13N3O5S/c1-21-9-4-7(2-3-8(9)17)6-14-16-13-15-12(20)10(22-13)5-11(18)19/h2-4,6,10,17H,5H2,1H3,(H,18,19)(H,15,16,20)/p-1/b14-6+/t10-/m1/s1. The number of hydrogen-bond acceptors (Lipinski definition) is 8. The zero-order valence-electron chi connectivity index (χ0n) is 11.5. The van der Waals surface area contributed by atoms with Crippen molar-refractivity contribution in [3.63, 3.8) is 0 Å². The smallest absolute Gasteiger partial charge is 0.239 e. The summed E-state index contributed by atoms with van der Waals surface area (Å²) in [6.07, 6.45) is 1.03. The number of carbonyl (C=O) groups is 2. The fourth-order valence-corrected chi connectivity index (χ4v) is 2.57. The summed E-state index contributed by atoms with van der Waals surface area (Å²) in [5, 5.41) is 29.5. The SMILES string of the molecule is COc1cc(/C=N/N=C2/NC(=O)[C@@H](CC(=O)[O-])S2)ccc1O. The van der Waals surface area contributed by atoms with Crippen LogP contribution in [0.5, 0.6) is 11.5 Å². The Hall–Kier alpha value is -2.55. The summed E-state index contributed by atoms with van der Waals surface area (Å²) in [6, 6.07) is 4.63. The van der Waals surface area contributed by atoms with E-state index in [4.69, 9.17) is 4.74 Å². The third kappa shape index (κ3) is 3.98. The normalized spacial score (nSPS) is 19.6. The maximum atomic E-state index is 11.5. The van der Waals surface area contributed by atoms with Crippen LogP contribution in [0.15, 0.2) is 28.4 Å². The van der Waals surface area contributed by atoms with Crippen molar-refractivity contribution in [2.75, 3.05) is 7.11 Å². The van der Waals surface area contributed by atoms with Crippen LogP contribution in [-0.2, 0) is 9.59 Å². The lowest BCUT2D eigenvalue weighted by atomic mass is 10.2. The van der Waals surface area contributed by atoms with Gasteiger partial charge in [-0.25, -0.2) is 0 Å². The number of carboxylic acid groups (broad SMARTS) is 1. The first kappa shape index (κ1) is 15.8. The number of nitrogens with zero attached hydrogens (tertiary/aromatic N) is 2. The number of carboxylic acids is 1. The van der Waals surface area contributed by atoms with Gasteiger partial charge in [0, 0.05) is 12.4 Å². The molecule has 0 unspecified atom stereocenters. The molecule has 0 saturated carbocycles. The molecule has 0 bridgehead atoms. The minimum atomic E-state index is -1.30. The number of aliphatic carboxylic acids is 1. The summed E-state index contributed by atoms with van der Waals surface area (Å²) >= 11 is 0.982. The summed E-state index contributed by atoms with van der Waals surface area (Å²) < 4.78 is 4.96. The second-order valence-electron chi connectivity index (χ2n) is 4.25. The van der Waals surface area contributed by atoms with Crippen molar-refractivity contribution < 1.29 is 24.5 Å². The molecule has 1 aromatic rings. The van der Waals surface area contributed by atoms with Crippen LogP contribution >= 0.6 is 11.8 Å². The van der Waals surface area contributed by atoms with Crippen LogP contribution in [0.25, 0.3) is 0 Å². The number of phenolic OH excluding ortho intramolecular Hbond substituents is 1. The van der Waals surface area contributed by atoms with E-state index in [1.165, 1.54) is 19.4 Å². The molecule has 22 heavy (non-hydrogen) atoms. The monoisotopic (exact) mass is 322 g/mol. The highest BCUT2D eigenvalue weighted by atomic mass is 32.2. The summed E-state index contributed by atoms with van der Waals surface area (Å²) in [5.41, 5.74) is 0.639. The number of nitrogens with one attached hydrogen (secondary N) is 1. The van der Waals surface area contributed by atoms with E-state index in [1.807, 2.05) is 0 Å². The lowest BCUT2D eigenvalue weighted by Gasteiger charge is -2.04. The Kier molecular flexibility index (Phi) is 4.99. The molecule has 9 heteroatoms. The first-order valence-electron chi connectivity index (χ1n) is 6.15. The average molecular weight is 322 g/mol. The van der Waals surface area contributed by atoms with Crippen molar-refractivity contribution in [1.82, 2.24) is 5.32 Å². The van der Waals surface area contributed by atoms with Crippen molar-refractivity contribution in [1.29, 1.82) is 0 Å². The van der Waals surface area contributed by atoms with Gasteiger partial charge in [0.05, 0.1) is 18.6 Å². The summed E-state index contributed by atoms with van der Waals surface area (Å²) in [6.45, 7) is 0. The molecule has 0 spiro atoms. The first-order chi connectivity index (χ1) is 10.5. The Morgan fingerprint density at radius 3 is 3.05 bits per heavy atom. The summed E-state index contributed by atoms with van der Waals surface area (Å²) in [4.78, 5) is 22.0. The van der Waals surface area contributed by atoms with E-state index in [2.05, 4.69) is 15.5 Å². The molecule has 2 N–H and O–H groups in total. The number of thioether (sulfide) groups is 1. The van der Waals surface area contributed by atoms with Gasteiger partial charge in [0.25, 0.3) is 0 Å². The van der Waals surface area contributed by atoms with E-state index < -0.39 is 17.1 Å². The van der Waals surface area contributed by atoms with Crippen LogP contribution in [0.4, 0.5) is 0 Å². The van der Waals surface area contributed by atoms with E-state index in [1.54, 1.807) is 12.1 Å². The minimum absolute atomic E-state index is 0.00898. The maximum absolute atomic E-state index is 11.5. The number of ether oxygens (including phenoxy) is 1. The van der Waals surface area contributed by atoms with Crippen LogP contribution in [-0.4, -0.2) is 40.7 Å². The highest BCUT2D eigenvalue weighted by Gasteiger charge is 2.30. The third-order valence-corrected chi connectivity index (χ3v) is 3.76. The molecule has 0 radical (unpaired) electrons. The van der Waals surface area contributed by atoms with Gasteiger partial charge in [-0.15, -0.1) is 5.10 Å². The van der Waals surface area contributed by atoms with Crippen LogP contribution in [0.1, 0.15) is 12.0 Å². The van der Waals surface area contributed by atoms with Crippen molar-refractivity contribution in [3.05, 3.63) is 23.8 Å². The predicted octanol–water partition coefficient (Wildman–Crippen LogP) is -0.538. The molecular weight excluding hydrogens is 310 g/mol. The third-order valence-electron chi connectivity index (χ3n) is 2.69. The minimum Gasteiger partial charge on any atom is -0.550 e. The number of aromatic hydroxyl groups is 1. The van der Waals surface area contributed by atoms with Gasteiger partial charge in [-0.3, -0.25) is 4.79 Å². The molecule has 1 fully saturated rings. The number of rotatable bonds is 5. The average Bonchev–Trinajstić information content (AvgIpc) is 2.80. The Morgan fingerprint density at radius 1 is 1.59 bits per heavy atom. The van der Waals surface area contributed by atoms with Gasteiger partial charge in [-0.1, -0.05) is 11.8 Å². The molecule has 2 rings (SSSR count). The van der Waals surface area contributed by atoms with E-state index in [0.717, 1.165) is 11.8 Å². The van der Waals surface area contributed by atoms with Gasteiger partial charge >= 0.3 is 0 Å². The second kappa shape index (κ2) is 6.94. The Bertz CT molecular complexity index is 659. The van der Waals surface area contributed by atoms with Gasteiger partial charge < -0.3 is 25.1 Å². The molecule has 1 aromatic carbocycles. The number of phenols is 1. The Labute approximate surface area is 129 Å². The van der Waals surface area contributed by atoms with Gasteiger partial charge in [0.15, 0.2) is 16.7 Å². The van der Waals surface area contributed by atoms with E-state index in [-0.39, 0.29) is 17.3 Å². The molecule has 1 aliphatic heterocycles. The Morgan fingerprint density at radius 2 is 2.36 bits per heavy atom. The number of amidine groups is 1. The van der Waals surface area contributed by atoms with Crippen molar-refractivity contribution in [2.24, 2.45) is 10.2 Å². The molecule has 1 atom stereocenters. The first-order valence-corrected chi connectivity index (χ1v) is 7.03. The van der Waals surface area contributed by atoms with Gasteiger partial charge in [0.1, 0.15) is 0 Å². The summed E-state index contributed by atoms with van der Waals surface area (Å²) in [5.74, 6) is -1.42. The summed E-state index contributed by atoms with van der Waals surface area (Å²) in [7, 11) is 1.43. The van der Waals surface area contributed by atoms with Gasteiger partial charge in [-0.05, 0) is 23.8 Å². The number of carbonyl (C=O) groups excluding carboxylic acids is 2. The fraction of sp³-hybridized carbons (Fsp3) is 0.231. The number of amides is 1. The quantitative estimate of drug-likeness (QED) is 0.554. The number of methoxy groups -OCH3 is 1. The molecule has 8 nitrogen and oxygen atoms in total. The maximum Gasteiger partial charge on any atom is 0.239 e. The highest BCUT2D eigenvalue weighted by Crippen LogP contribution is 2.25. The van der Waals surface area contributed by atoms with E-state index >= 15 is 0 Å². The molecule has 0 aromatic heterocycles. The zero-order chi connectivity index (χ0) is 16.1. The fourth-order valence-electron chi connectivity index (χ4n) is 1.66. The lowest BCUT2D eigenvalue weighted by molar-refractivity contribution is -0.305. The van der Waals surface area contributed by atoms with Crippen LogP contribution < -0.4 is 15.2 Å². The van der Waals surface area contributed by atoms with Crippen molar-refractivity contribution in [3.8, 4) is 11.5 Å². The molecule has 1 aliphatic rings. The Balaban J connectivity index is 2.03. The molecule has 116 valence electrons. The molecule has 1 heterocycles. The van der Waals surface area contributed by atoms with Gasteiger partial charge in [0.2, 0.25) is 5.91 Å². The molecule has 0 aliphatic carbocycles. The van der Waals surface area contributed by atoms with Crippen molar-refractivity contribution in [2.45, 2.75) is 11.7 Å². The van der Waals surface area contributed by atoms with Crippen LogP contribution in [0.3, 0.4) is 0 Å². The molecule has 1 saturated heterocycles. The predicted molar refractivity (Wildman–Crippen MR) is 78.8 cm³/mol. The van der Waals surface area contributed by atoms with E-state index in [9.17, 15) is 19.8 Å². The van der Waals surface area contributed by atoms with Crippen LogP contribution in [0, 0.1) is 0 Å². The molecular formula is C13H12N3O5S-. The number of hydrogen-bond donors (Lipinski definition) is 2. The zero-order valence-corrected chi connectivity index (χ0v) is 12.3.